The number of nitrogens with zero attached hydrogens (tertiary/aromatic N) is 2. The standard InChI is InChI=1S/C16H16N4O3/c1-2-8-22-13-5-3-4-12(9-13)18-16(21)17-10-14-19-15(20-23-14)11-6-7-11/h1,3-5,9,11H,6-8,10H2,(H2,17,18,21). The van der Waals surface area contributed by atoms with Crippen molar-refractivity contribution in [3.63, 3.8) is 0 Å². The Labute approximate surface area is 133 Å². The molecule has 0 spiro atoms. The van der Waals surface area contributed by atoms with Crippen LogP contribution in [0.2, 0.25) is 0 Å². The molecule has 0 atom stereocenters. The van der Waals surface area contributed by atoms with E-state index in [0.717, 1.165) is 18.7 Å². The quantitative estimate of drug-likeness (QED) is 0.799. The smallest absolute Gasteiger partial charge is 0.319 e. The summed E-state index contributed by atoms with van der Waals surface area (Å²) in [5.74, 6) is 4.52. The van der Waals surface area contributed by atoms with Crippen molar-refractivity contribution in [3.8, 4) is 18.1 Å². The SMILES string of the molecule is C#CCOc1cccc(NC(=O)NCc2nc(C3CC3)no2)c1. The second kappa shape index (κ2) is 6.83. The zero-order valence-corrected chi connectivity index (χ0v) is 12.4. The predicted molar refractivity (Wildman–Crippen MR) is 82.9 cm³/mol. The third-order valence-corrected chi connectivity index (χ3v) is 3.24. The van der Waals surface area contributed by atoms with Crippen LogP contribution in [-0.4, -0.2) is 22.8 Å². The molecule has 0 aliphatic heterocycles. The van der Waals surface area contributed by atoms with Crippen molar-refractivity contribution in [3.05, 3.63) is 36.0 Å². The third-order valence-electron chi connectivity index (χ3n) is 3.24. The fraction of sp³-hybridized carbons (Fsp3) is 0.312. The summed E-state index contributed by atoms with van der Waals surface area (Å²) in [5.41, 5.74) is 0.598. The van der Waals surface area contributed by atoms with E-state index >= 15 is 0 Å². The summed E-state index contributed by atoms with van der Waals surface area (Å²) in [6, 6.07) is 6.60. The van der Waals surface area contributed by atoms with Gasteiger partial charge in [0.1, 0.15) is 12.4 Å². The molecule has 2 N–H and O–H groups in total. The van der Waals surface area contributed by atoms with Gasteiger partial charge in [0.25, 0.3) is 0 Å². The van der Waals surface area contributed by atoms with Crippen molar-refractivity contribution in [1.82, 2.24) is 15.5 Å². The summed E-state index contributed by atoms with van der Waals surface area (Å²) >= 11 is 0. The first kappa shape index (κ1) is 14.9. The van der Waals surface area contributed by atoms with Crippen LogP contribution in [0.4, 0.5) is 10.5 Å². The van der Waals surface area contributed by atoms with Crippen LogP contribution in [-0.2, 0) is 6.54 Å². The van der Waals surface area contributed by atoms with Gasteiger partial charge in [-0.2, -0.15) is 4.98 Å². The first-order chi connectivity index (χ1) is 11.2. The molecule has 0 unspecified atom stereocenters. The molecule has 1 aromatic heterocycles. The largest absolute Gasteiger partial charge is 0.481 e. The Morgan fingerprint density at radius 2 is 2.35 bits per heavy atom. The highest BCUT2D eigenvalue weighted by atomic mass is 16.5. The lowest BCUT2D eigenvalue weighted by molar-refractivity contribution is 0.249. The number of aromatic nitrogens is 2. The molecule has 23 heavy (non-hydrogen) atoms. The van der Waals surface area contributed by atoms with Crippen LogP contribution in [0.15, 0.2) is 28.8 Å². The van der Waals surface area contributed by atoms with E-state index in [1.165, 1.54) is 0 Å². The molecule has 0 radical (unpaired) electrons. The maximum Gasteiger partial charge on any atom is 0.319 e. The van der Waals surface area contributed by atoms with Gasteiger partial charge < -0.3 is 19.9 Å². The lowest BCUT2D eigenvalue weighted by atomic mass is 10.3. The number of amides is 2. The van der Waals surface area contributed by atoms with E-state index in [0.29, 0.717) is 23.2 Å². The molecule has 1 fully saturated rings. The number of urea groups is 1. The number of benzene rings is 1. The van der Waals surface area contributed by atoms with Gasteiger partial charge >= 0.3 is 6.03 Å². The van der Waals surface area contributed by atoms with Gasteiger partial charge in [0.15, 0.2) is 5.82 Å². The van der Waals surface area contributed by atoms with Crippen LogP contribution >= 0.6 is 0 Å². The fourth-order valence-electron chi connectivity index (χ4n) is 1.97. The topological polar surface area (TPSA) is 89.3 Å². The van der Waals surface area contributed by atoms with E-state index in [2.05, 4.69) is 26.7 Å². The monoisotopic (exact) mass is 312 g/mol. The summed E-state index contributed by atoms with van der Waals surface area (Å²) in [7, 11) is 0. The molecule has 1 aliphatic carbocycles. The second-order valence-corrected chi connectivity index (χ2v) is 5.15. The first-order valence-electron chi connectivity index (χ1n) is 7.28. The number of terminal acetylenes is 1. The summed E-state index contributed by atoms with van der Waals surface area (Å²) in [6.45, 7) is 0.356. The van der Waals surface area contributed by atoms with Crippen LogP contribution in [0.1, 0.15) is 30.5 Å². The molecular formula is C16H16N4O3. The fourth-order valence-corrected chi connectivity index (χ4v) is 1.97. The van der Waals surface area contributed by atoms with Crippen molar-refractivity contribution in [2.75, 3.05) is 11.9 Å². The average Bonchev–Trinajstić information content (AvgIpc) is 3.30. The highest BCUT2D eigenvalue weighted by Crippen LogP contribution is 2.38. The third kappa shape index (κ3) is 4.23. The molecule has 1 aromatic carbocycles. The minimum atomic E-state index is -0.370. The minimum Gasteiger partial charge on any atom is -0.481 e. The molecule has 1 aliphatic rings. The summed E-state index contributed by atoms with van der Waals surface area (Å²) in [6.07, 6.45) is 7.34. The Kier molecular flexibility index (Phi) is 4.43. The number of anilines is 1. The molecule has 2 amide bonds. The highest BCUT2D eigenvalue weighted by Gasteiger charge is 2.28. The van der Waals surface area contributed by atoms with Crippen LogP contribution in [0.5, 0.6) is 5.75 Å². The van der Waals surface area contributed by atoms with Gasteiger partial charge in [-0.25, -0.2) is 4.79 Å². The molecule has 7 nitrogen and oxygen atoms in total. The van der Waals surface area contributed by atoms with Crippen molar-refractivity contribution in [2.45, 2.75) is 25.3 Å². The molecule has 7 heteroatoms. The van der Waals surface area contributed by atoms with Crippen molar-refractivity contribution >= 4 is 11.7 Å². The molecule has 1 heterocycles. The number of carbonyl (C=O) groups is 1. The minimum absolute atomic E-state index is 0.177. The zero-order valence-electron chi connectivity index (χ0n) is 12.4. The van der Waals surface area contributed by atoms with E-state index < -0.39 is 0 Å². The van der Waals surface area contributed by atoms with E-state index in [-0.39, 0.29) is 19.2 Å². The molecule has 118 valence electrons. The van der Waals surface area contributed by atoms with Crippen molar-refractivity contribution in [2.24, 2.45) is 0 Å². The normalized spacial score (nSPS) is 13.2. The van der Waals surface area contributed by atoms with Crippen molar-refractivity contribution in [1.29, 1.82) is 0 Å². The lowest BCUT2D eigenvalue weighted by Gasteiger charge is -2.08. The van der Waals surface area contributed by atoms with E-state index in [4.69, 9.17) is 15.7 Å². The van der Waals surface area contributed by atoms with Gasteiger partial charge in [0.2, 0.25) is 5.89 Å². The number of hydrogen-bond acceptors (Lipinski definition) is 5. The molecule has 2 aromatic rings. The molecule has 0 saturated heterocycles. The highest BCUT2D eigenvalue weighted by molar-refractivity contribution is 5.89. The molecular weight excluding hydrogens is 296 g/mol. The number of ether oxygens (including phenoxy) is 1. The Bertz CT molecular complexity index is 731. The van der Waals surface area contributed by atoms with Gasteiger partial charge in [0, 0.05) is 17.7 Å². The number of hydrogen-bond donors (Lipinski definition) is 2. The van der Waals surface area contributed by atoms with Crippen LogP contribution in [0.25, 0.3) is 0 Å². The van der Waals surface area contributed by atoms with Gasteiger partial charge in [0.05, 0.1) is 6.54 Å². The molecule has 1 saturated carbocycles. The van der Waals surface area contributed by atoms with Crippen LogP contribution in [0.3, 0.4) is 0 Å². The van der Waals surface area contributed by atoms with E-state index in [9.17, 15) is 4.79 Å². The Morgan fingerprint density at radius 1 is 1.48 bits per heavy atom. The van der Waals surface area contributed by atoms with Crippen LogP contribution < -0.4 is 15.4 Å². The van der Waals surface area contributed by atoms with E-state index in [1.54, 1.807) is 24.3 Å². The number of carbonyl (C=O) groups excluding carboxylic acids is 1. The average molecular weight is 312 g/mol. The van der Waals surface area contributed by atoms with Crippen molar-refractivity contribution < 1.29 is 14.1 Å². The van der Waals surface area contributed by atoms with Crippen LogP contribution in [0, 0.1) is 12.3 Å². The summed E-state index contributed by atoms with van der Waals surface area (Å²) in [4.78, 5) is 16.1. The second-order valence-electron chi connectivity index (χ2n) is 5.15. The maximum absolute atomic E-state index is 11.9. The van der Waals surface area contributed by atoms with Gasteiger partial charge in [-0.05, 0) is 25.0 Å². The Morgan fingerprint density at radius 3 is 3.13 bits per heavy atom. The van der Waals surface area contributed by atoms with Gasteiger partial charge in [-0.3, -0.25) is 0 Å². The maximum atomic E-state index is 11.9. The lowest BCUT2D eigenvalue weighted by Crippen LogP contribution is -2.28. The Hall–Kier alpha value is -3.01. The molecule has 0 bridgehead atoms. The number of nitrogens with one attached hydrogen (secondary N) is 2. The van der Waals surface area contributed by atoms with E-state index in [1.807, 2.05) is 0 Å². The zero-order chi connectivity index (χ0) is 16.1. The predicted octanol–water partition coefficient (Wildman–Crippen LogP) is 2.28. The summed E-state index contributed by atoms with van der Waals surface area (Å²) in [5, 5.41) is 9.25. The summed E-state index contributed by atoms with van der Waals surface area (Å²) < 4.78 is 10.4. The molecule has 3 rings (SSSR count). The van der Waals surface area contributed by atoms with Gasteiger partial charge in [-0.15, -0.1) is 6.42 Å². The first-order valence-corrected chi connectivity index (χ1v) is 7.28. The number of rotatable bonds is 6. The van der Waals surface area contributed by atoms with Gasteiger partial charge in [-0.1, -0.05) is 17.1 Å². The Balaban J connectivity index is 1.49.